The first kappa shape index (κ1) is 11.9. The lowest BCUT2D eigenvalue weighted by Gasteiger charge is -1.99. The molecule has 0 bridgehead atoms. The summed E-state index contributed by atoms with van der Waals surface area (Å²) in [6.07, 6.45) is 1.49. The van der Waals surface area contributed by atoms with Crippen LogP contribution in [0.2, 0.25) is 0 Å². The zero-order chi connectivity index (χ0) is 13.0. The first-order chi connectivity index (χ1) is 8.66. The number of carboxylic acid groups (broad SMARTS) is 1. The van der Waals surface area contributed by atoms with Crippen LogP contribution in [0.15, 0.2) is 42.6 Å². The second-order valence-electron chi connectivity index (χ2n) is 3.79. The van der Waals surface area contributed by atoms with Crippen LogP contribution >= 0.6 is 0 Å². The standard InChI is InChI=1S/C15H11NO2/c1-11-9-14(15(17)18)13(10-16-11)8-7-12-5-3-2-4-6-12/h2-6,9-10H,1H3,(H,17,18). The van der Waals surface area contributed by atoms with Crippen molar-refractivity contribution in [2.45, 2.75) is 6.92 Å². The number of carboxylic acids is 1. The lowest BCUT2D eigenvalue weighted by Crippen LogP contribution is -2.02. The van der Waals surface area contributed by atoms with E-state index < -0.39 is 5.97 Å². The first-order valence-corrected chi connectivity index (χ1v) is 5.44. The molecule has 2 rings (SSSR count). The van der Waals surface area contributed by atoms with E-state index in [0.29, 0.717) is 11.3 Å². The number of benzene rings is 1. The van der Waals surface area contributed by atoms with Crippen molar-refractivity contribution in [1.29, 1.82) is 0 Å². The molecule has 3 nitrogen and oxygen atoms in total. The number of aromatic nitrogens is 1. The summed E-state index contributed by atoms with van der Waals surface area (Å²) in [6.45, 7) is 1.75. The summed E-state index contributed by atoms with van der Waals surface area (Å²) >= 11 is 0. The number of aromatic carboxylic acids is 1. The van der Waals surface area contributed by atoms with Crippen LogP contribution < -0.4 is 0 Å². The van der Waals surface area contributed by atoms with Gasteiger partial charge in [-0.25, -0.2) is 4.79 Å². The van der Waals surface area contributed by atoms with E-state index in [4.69, 9.17) is 5.11 Å². The monoisotopic (exact) mass is 237 g/mol. The highest BCUT2D eigenvalue weighted by Crippen LogP contribution is 2.08. The zero-order valence-electron chi connectivity index (χ0n) is 9.84. The highest BCUT2D eigenvalue weighted by molar-refractivity contribution is 5.90. The molecule has 1 aromatic carbocycles. The summed E-state index contributed by atoms with van der Waals surface area (Å²) in [5.41, 5.74) is 2.12. The third-order valence-electron chi connectivity index (χ3n) is 2.39. The van der Waals surface area contributed by atoms with Gasteiger partial charge in [0.15, 0.2) is 0 Å². The summed E-state index contributed by atoms with van der Waals surface area (Å²) < 4.78 is 0. The molecule has 3 heteroatoms. The highest BCUT2D eigenvalue weighted by Gasteiger charge is 2.08. The molecule has 0 unspecified atom stereocenters. The van der Waals surface area contributed by atoms with Crippen LogP contribution in [0.25, 0.3) is 0 Å². The molecule has 0 spiro atoms. The molecule has 0 aliphatic heterocycles. The molecule has 88 valence electrons. The van der Waals surface area contributed by atoms with E-state index >= 15 is 0 Å². The fraction of sp³-hybridized carbons (Fsp3) is 0.0667. The molecule has 0 aliphatic carbocycles. The van der Waals surface area contributed by atoms with Gasteiger partial charge in [0, 0.05) is 17.5 Å². The van der Waals surface area contributed by atoms with Crippen molar-refractivity contribution in [3.63, 3.8) is 0 Å². The van der Waals surface area contributed by atoms with Crippen molar-refractivity contribution in [2.24, 2.45) is 0 Å². The van der Waals surface area contributed by atoms with Gasteiger partial charge < -0.3 is 5.11 Å². The molecule has 0 saturated carbocycles. The Kier molecular flexibility index (Phi) is 3.40. The SMILES string of the molecule is Cc1cc(C(=O)O)c(C#Cc2ccccc2)cn1. The predicted molar refractivity (Wildman–Crippen MR) is 68.4 cm³/mol. The maximum atomic E-state index is 11.1. The number of carbonyl (C=O) groups is 1. The van der Waals surface area contributed by atoms with Crippen LogP contribution in [0.3, 0.4) is 0 Å². The largest absolute Gasteiger partial charge is 0.478 e. The van der Waals surface area contributed by atoms with E-state index in [-0.39, 0.29) is 5.56 Å². The Bertz CT molecular complexity index is 637. The van der Waals surface area contributed by atoms with Crippen LogP contribution in [0.1, 0.15) is 27.2 Å². The van der Waals surface area contributed by atoms with E-state index in [1.807, 2.05) is 30.3 Å². The Morgan fingerprint density at radius 1 is 1.22 bits per heavy atom. The molecule has 0 saturated heterocycles. The van der Waals surface area contributed by atoms with Gasteiger partial charge in [-0.2, -0.15) is 0 Å². The molecule has 0 amide bonds. The Labute approximate surface area is 105 Å². The van der Waals surface area contributed by atoms with E-state index in [2.05, 4.69) is 16.8 Å². The molecule has 0 aliphatic rings. The van der Waals surface area contributed by atoms with Crippen molar-refractivity contribution in [3.05, 3.63) is 65.0 Å². The molecule has 1 heterocycles. The van der Waals surface area contributed by atoms with E-state index in [1.165, 1.54) is 12.3 Å². The van der Waals surface area contributed by atoms with Gasteiger partial charge in [-0.05, 0) is 25.1 Å². The topological polar surface area (TPSA) is 50.2 Å². The predicted octanol–water partition coefficient (Wildman–Crippen LogP) is 2.49. The van der Waals surface area contributed by atoms with Gasteiger partial charge in [-0.1, -0.05) is 30.0 Å². The van der Waals surface area contributed by atoms with Crippen LogP contribution in [-0.4, -0.2) is 16.1 Å². The Hall–Kier alpha value is -2.60. The molecule has 1 N–H and O–H groups in total. The Balaban J connectivity index is 2.41. The summed E-state index contributed by atoms with van der Waals surface area (Å²) in [4.78, 5) is 15.2. The normalized spacial score (nSPS) is 9.39. The lowest BCUT2D eigenvalue weighted by atomic mass is 10.1. The average molecular weight is 237 g/mol. The molecular weight excluding hydrogens is 226 g/mol. The van der Waals surface area contributed by atoms with Crippen LogP contribution in [0.5, 0.6) is 0 Å². The van der Waals surface area contributed by atoms with Gasteiger partial charge in [0.05, 0.1) is 11.1 Å². The summed E-state index contributed by atoms with van der Waals surface area (Å²) in [7, 11) is 0. The Morgan fingerprint density at radius 3 is 2.61 bits per heavy atom. The summed E-state index contributed by atoms with van der Waals surface area (Å²) in [6, 6.07) is 10.9. The number of rotatable bonds is 1. The second-order valence-corrected chi connectivity index (χ2v) is 3.79. The zero-order valence-corrected chi connectivity index (χ0v) is 9.84. The Morgan fingerprint density at radius 2 is 1.94 bits per heavy atom. The molecular formula is C15H11NO2. The van der Waals surface area contributed by atoms with Crippen LogP contribution in [0.4, 0.5) is 0 Å². The minimum atomic E-state index is -0.988. The van der Waals surface area contributed by atoms with Gasteiger partial charge in [-0.15, -0.1) is 0 Å². The minimum absolute atomic E-state index is 0.186. The number of hydrogen-bond donors (Lipinski definition) is 1. The summed E-state index contributed by atoms with van der Waals surface area (Å²) in [5.74, 6) is 4.78. The third-order valence-corrected chi connectivity index (χ3v) is 2.39. The van der Waals surface area contributed by atoms with Crippen molar-refractivity contribution in [3.8, 4) is 11.8 Å². The third kappa shape index (κ3) is 2.74. The van der Waals surface area contributed by atoms with E-state index in [0.717, 1.165) is 5.56 Å². The first-order valence-electron chi connectivity index (χ1n) is 5.44. The molecule has 0 atom stereocenters. The second kappa shape index (κ2) is 5.15. The van der Waals surface area contributed by atoms with Gasteiger partial charge in [0.25, 0.3) is 0 Å². The average Bonchev–Trinajstić information content (AvgIpc) is 2.38. The maximum absolute atomic E-state index is 11.1. The van der Waals surface area contributed by atoms with Gasteiger partial charge in [0.1, 0.15) is 0 Å². The molecule has 0 radical (unpaired) electrons. The number of pyridine rings is 1. The van der Waals surface area contributed by atoms with E-state index in [9.17, 15) is 4.79 Å². The smallest absolute Gasteiger partial charge is 0.337 e. The van der Waals surface area contributed by atoms with Gasteiger partial charge in [0.2, 0.25) is 0 Å². The lowest BCUT2D eigenvalue weighted by molar-refractivity contribution is 0.0696. The van der Waals surface area contributed by atoms with Gasteiger partial charge in [-0.3, -0.25) is 4.98 Å². The fourth-order valence-electron chi connectivity index (χ4n) is 1.50. The van der Waals surface area contributed by atoms with Gasteiger partial charge >= 0.3 is 5.97 Å². The van der Waals surface area contributed by atoms with E-state index in [1.54, 1.807) is 6.92 Å². The number of nitrogens with zero attached hydrogens (tertiary/aromatic N) is 1. The number of hydrogen-bond acceptors (Lipinski definition) is 2. The molecule has 1 aromatic heterocycles. The maximum Gasteiger partial charge on any atom is 0.337 e. The molecule has 2 aromatic rings. The van der Waals surface area contributed by atoms with Crippen molar-refractivity contribution < 1.29 is 9.90 Å². The molecule has 18 heavy (non-hydrogen) atoms. The quantitative estimate of drug-likeness (QED) is 0.775. The van der Waals surface area contributed by atoms with Crippen molar-refractivity contribution in [2.75, 3.05) is 0 Å². The molecule has 0 fully saturated rings. The summed E-state index contributed by atoms with van der Waals surface area (Å²) in [5, 5.41) is 9.09. The highest BCUT2D eigenvalue weighted by atomic mass is 16.4. The van der Waals surface area contributed by atoms with Crippen LogP contribution in [-0.2, 0) is 0 Å². The fourth-order valence-corrected chi connectivity index (χ4v) is 1.50. The van der Waals surface area contributed by atoms with Crippen molar-refractivity contribution >= 4 is 5.97 Å². The minimum Gasteiger partial charge on any atom is -0.478 e. The van der Waals surface area contributed by atoms with Crippen LogP contribution in [0, 0.1) is 18.8 Å². The van der Waals surface area contributed by atoms with Crippen molar-refractivity contribution in [1.82, 2.24) is 4.98 Å². The number of aryl methyl sites for hydroxylation is 1.